The van der Waals surface area contributed by atoms with Gasteiger partial charge >= 0.3 is 0 Å². The Kier molecular flexibility index (Phi) is 3.51. The first-order chi connectivity index (χ1) is 7.75. The Morgan fingerprint density at radius 2 is 2.56 bits per heavy atom. The standard InChI is InChI=1S/C12H17N3O/c1-9-4-6-13-8-11(9)15-12(16)7-10-3-2-5-14-10/h4,6,8,10,14H,2-3,5,7H2,1H3,(H,15,16). The second-order valence-corrected chi connectivity index (χ2v) is 4.24. The van der Waals surface area contributed by atoms with Gasteiger partial charge in [-0.05, 0) is 37.9 Å². The summed E-state index contributed by atoms with van der Waals surface area (Å²) < 4.78 is 0. The normalized spacial score (nSPS) is 19.7. The SMILES string of the molecule is Cc1ccncc1NC(=O)CC1CCCN1. The summed E-state index contributed by atoms with van der Waals surface area (Å²) in [6.45, 7) is 3.00. The van der Waals surface area contributed by atoms with Gasteiger partial charge in [-0.3, -0.25) is 9.78 Å². The first kappa shape index (κ1) is 11.1. The Labute approximate surface area is 95.5 Å². The fourth-order valence-corrected chi connectivity index (χ4v) is 1.95. The molecule has 1 amide bonds. The highest BCUT2D eigenvalue weighted by Crippen LogP contribution is 2.14. The molecule has 0 aliphatic carbocycles. The fraction of sp³-hybridized carbons (Fsp3) is 0.500. The zero-order valence-corrected chi connectivity index (χ0v) is 9.49. The van der Waals surface area contributed by atoms with Gasteiger partial charge in [0, 0.05) is 18.7 Å². The maximum atomic E-state index is 11.7. The molecule has 0 aromatic carbocycles. The number of amides is 1. The minimum absolute atomic E-state index is 0.0653. The van der Waals surface area contributed by atoms with Crippen molar-refractivity contribution in [3.8, 4) is 0 Å². The molecule has 16 heavy (non-hydrogen) atoms. The summed E-state index contributed by atoms with van der Waals surface area (Å²) in [5.74, 6) is 0.0653. The lowest BCUT2D eigenvalue weighted by Gasteiger charge is -2.11. The van der Waals surface area contributed by atoms with Crippen molar-refractivity contribution in [2.24, 2.45) is 0 Å². The molecule has 1 saturated heterocycles. The van der Waals surface area contributed by atoms with Crippen molar-refractivity contribution >= 4 is 11.6 Å². The van der Waals surface area contributed by atoms with Gasteiger partial charge in [0.2, 0.25) is 5.91 Å². The molecule has 0 spiro atoms. The van der Waals surface area contributed by atoms with Crippen molar-refractivity contribution < 1.29 is 4.79 Å². The van der Waals surface area contributed by atoms with Crippen molar-refractivity contribution in [3.63, 3.8) is 0 Å². The fourth-order valence-electron chi connectivity index (χ4n) is 1.95. The topological polar surface area (TPSA) is 54.0 Å². The lowest BCUT2D eigenvalue weighted by atomic mass is 10.1. The molecule has 1 aromatic heterocycles. The van der Waals surface area contributed by atoms with Crippen molar-refractivity contribution in [2.45, 2.75) is 32.2 Å². The molecule has 86 valence electrons. The van der Waals surface area contributed by atoms with Crippen LogP contribution in [0.4, 0.5) is 5.69 Å². The van der Waals surface area contributed by atoms with E-state index < -0.39 is 0 Å². The summed E-state index contributed by atoms with van der Waals surface area (Å²) in [6.07, 6.45) is 6.23. The molecule has 4 heteroatoms. The Morgan fingerprint density at radius 1 is 1.69 bits per heavy atom. The van der Waals surface area contributed by atoms with Crippen LogP contribution >= 0.6 is 0 Å². The van der Waals surface area contributed by atoms with E-state index in [-0.39, 0.29) is 5.91 Å². The van der Waals surface area contributed by atoms with E-state index in [0.717, 1.165) is 24.2 Å². The Bertz CT molecular complexity index is 372. The quantitative estimate of drug-likeness (QED) is 0.809. The molecule has 1 aliphatic heterocycles. The summed E-state index contributed by atoms with van der Waals surface area (Å²) in [4.78, 5) is 15.7. The number of hydrogen-bond acceptors (Lipinski definition) is 3. The lowest BCUT2D eigenvalue weighted by molar-refractivity contribution is -0.116. The van der Waals surface area contributed by atoms with E-state index in [9.17, 15) is 4.79 Å². The van der Waals surface area contributed by atoms with Gasteiger partial charge in [0.25, 0.3) is 0 Å². The molecule has 1 unspecified atom stereocenters. The number of nitrogens with one attached hydrogen (secondary N) is 2. The zero-order chi connectivity index (χ0) is 11.4. The molecular formula is C12H17N3O. The van der Waals surface area contributed by atoms with Gasteiger partial charge in [0.05, 0.1) is 11.9 Å². The van der Waals surface area contributed by atoms with Crippen LogP contribution in [0, 0.1) is 6.92 Å². The summed E-state index contributed by atoms with van der Waals surface area (Å²) in [5, 5.41) is 6.21. The molecule has 1 aliphatic rings. The molecule has 4 nitrogen and oxygen atoms in total. The van der Waals surface area contributed by atoms with Crippen LogP contribution in [0.1, 0.15) is 24.8 Å². The third-order valence-corrected chi connectivity index (χ3v) is 2.91. The first-order valence-electron chi connectivity index (χ1n) is 5.69. The van der Waals surface area contributed by atoms with E-state index in [1.54, 1.807) is 12.4 Å². The third-order valence-electron chi connectivity index (χ3n) is 2.91. The van der Waals surface area contributed by atoms with Crippen molar-refractivity contribution in [1.29, 1.82) is 0 Å². The molecule has 0 bridgehead atoms. The number of hydrogen-bond donors (Lipinski definition) is 2. The molecule has 1 atom stereocenters. The van der Waals surface area contributed by atoms with E-state index in [1.807, 2.05) is 13.0 Å². The largest absolute Gasteiger partial charge is 0.324 e. The highest BCUT2D eigenvalue weighted by Gasteiger charge is 2.17. The monoisotopic (exact) mass is 219 g/mol. The zero-order valence-electron chi connectivity index (χ0n) is 9.49. The number of anilines is 1. The average Bonchev–Trinajstić information content (AvgIpc) is 2.74. The Morgan fingerprint density at radius 3 is 3.25 bits per heavy atom. The van der Waals surface area contributed by atoms with Crippen molar-refractivity contribution in [3.05, 3.63) is 24.0 Å². The average molecular weight is 219 g/mol. The number of carbonyl (C=O) groups excluding carboxylic acids is 1. The minimum atomic E-state index is 0.0653. The van der Waals surface area contributed by atoms with Crippen LogP contribution in [0.5, 0.6) is 0 Å². The molecule has 2 rings (SSSR count). The predicted molar refractivity (Wildman–Crippen MR) is 63.2 cm³/mol. The van der Waals surface area contributed by atoms with E-state index in [0.29, 0.717) is 12.5 Å². The number of aryl methyl sites for hydroxylation is 1. The van der Waals surface area contributed by atoms with Gasteiger partial charge in [0.15, 0.2) is 0 Å². The number of rotatable bonds is 3. The number of carbonyl (C=O) groups is 1. The van der Waals surface area contributed by atoms with Crippen LogP contribution in [-0.4, -0.2) is 23.5 Å². The van der Waals surface area contributed by atoms with Crippen molar-refractivity contribution in [1.82, 2.24) is 10.3 Å². The summed E-state index contributed by atoms with van der Waals surface area (Å²) in [6, 6.07) is 2.24. The highest BCUT2D eigenvalue weighted by molar-refractivity contribution is 5.91. The Balaban J connectivity index is 1.89. The van der Waals surface area contributed by atoms with Crippen LogP contribution in [0.2, 0.25) is 0 Å². The van der Waals surface area contributed by atoms with E-state index in [1.165, 1.54) is 6.42 Å². The maximum Gasteiger partial charge on any atom is 0.225 e. The summed E-state index contributed by atoms with van der Waals surface area (Å²) >= 11 is 0. The number of nitrogens with zero attached hydrogens (tertiary/aromatic N) is 1. The van der Waals surface area contributed by atoms with Crippen molar-refractivity contribution in [2.75, 3.05) is 11.9 Å². The van der Waals surface area contributed by atoms with Gasteiger partial charge in [0.1, 0.15) is 0 Å². The van der Waals surface area contributed by atoms with Gasteiger partial charge in [-0.15, -0.1) is 0 Å². The highest BCUT2D eigenvalue weighted by atomic mass is 16.1. The minimum Gasteiger partial charge on any atom is -0.324 e. The summed E-state index contributed by atoms with van der Waals surface area (Å²) in [7, 11) is 0. The van der Waals surface area contributed by atoms with Gasteiger partial charge < -0.3 is 10.6 Å². The Hall–Kier alpha value is -1.42. The molecule has 1 aromatic rings. The first-order valence-corrected chi connectivity index (χ1v) is 5.69. The molecule has 2 N–H and O–H groups in total. The van der Waals surface area contributed by atoms with Gasteiger partial charge in [-0.1, -0.05) is 0 Å². The molecule has 2 heterocycles. The van der Waals surface area contributed by atoms with E-state index in [4.69, 9.17) is 0 Å². The molecular weight excluding hydrogens is 202 g/mol. The molecule has 0 radical (unpaired) electrons. The number of aromatic nitrogens is 1. The second kappa shape index (κ2) is 5.07. The van der Waals surface area contributed by atoms with Crippen LogP contribution < -0.4 is 10.6 Å². The van der Waals surface area contributed by atoms with Gasteiger partial charge in [-0.25, -0.2) is 0 Å². The predicted octanol–water partition coefficient (Wildman–Crippen LogP) is 1.47. The van der Waals surface area contributed by atoms with E-state index in [2.05, 4.69) is 15.6 Å². The van der Waals surface area contributed by atoms with Crippen LogP contribution in [0.25, 0.3) is 0 Å². The third kappa shape index (κ3) is 2.79. The van der Waals surface area contributed by atoms with Gasteiger partial charge in [-0.2, -0.15) is 0 Å². The maximum absolute atomic E-state index is 11.7. The van der Waals surface area contributed by atoms with Crippen LogP contribution in [0.15, 0.2) is 18.5 Å². The van der Waals surface area contributed by atoms with Crippen LogP contribution in [0.3, 0.4) is 0 Å². The molecule has 1 fully saturated rings. The van der Waals surface area contributed by atoms with E-state index >= 15 is 0 Å². The lowest BCUT2D eigenvalue weighted by Crippen LogP contribution is -2.27. The summed E-state index contributed by atoms with van der Waals surface area (Å²) in [5.41, 5.74) is 1.85. The number of pyridine rings is 1. The van der Waals surface area contributed by atoms with Crippen LogP contribution in [-0.2, 0) is 4.79 Å². The second-order valence-electron chi connectivity index (χ2n) is 4.24. The smallest absolute Gasteiger partial charge is 0.225 e. The molecule has 0 saturated carbocycles.